The molecule has 1 atom stereocenters. The second kappa shape index (κ2) is 6.01. The molecule has 4 rings (SSSR count). The molecule has 7 nitrogen and oxygen atoms in total. The number of halogens is 1. The number of nitrogens with zero attached hydrogens (tertiary/aromatic N) is 3. The van der Waals surface area contributed by atoms with Gasteiger partial charge in [-0.2, -0.15) is 4.98 Å². The summed E-state index contributed by atoms with van der Waals surface area (Å²) < 4.78 is 0.947. The highest BCUT2D eigenvalue weighted by Gasteiger charge is 2.35. The molecular weight excluding hydrogens is 374 g/mol. The molecule has 24 heavy (non-hydrogen) atoms. The SMILES string of the molecule is O=C(Nc1n[nH]c(C2CC2)n1)[C@H]1CC(=O)N(c2ccc(Br)cc2)C1. The Kier molecular flexibility index (Phi) is 3.84. The highest BCUT2D eigenvalue weighted by Crippen LogP contribution is 2.38. The predicted octanol–water partition coefficient (Wildman–Crippen LogP) is 2.44. The molecule has 0 radical (unpaired) electrons. The molecule has 2 N–H and O–H groups in total. The van der Waals surface area contributed by atoms with E-state index < -0.39 is 5.92 Å². The number of rotatable bonds is 4. The van der Waals surface area contributed by atoms with Crippen molar-refractivity contribution in [2.45, 2.75) is 25.2 Å². The van der Waals surface area contributed by atoms with Crippen molar-refractivity contribution in [2.75, 3.05) is 16.8 Å². The van der Waals surface area contributed by atoms with Gasteiger partial charge in [0, 0.05) is 29.0 Å². The van der Waals surface area contributed by atoms with Crippen molar-refractivity contribution < 1.29 is 9.59 Å². The number of amides is 2. The molecule has 0 spiro atoms. The van der Waals surface area contributed by atoms with E-state index in [-0.39, 0.29) is 24.2 Å². The van der Waals surface area contributed by atoms with Gasteiger partial charge in [-0.25, -0.2) is 0 Å². The van der Waals surface area contributed by atoms with Gasteiger partial charge in [0.25, 0.3) is 0 Å². The first kappa shape index (κ1) is 15.3. The molecule has 124 valence electrons. The van der Waals surface area contributed by atoms with Crippen molar-refractivity contribution in [1.82, 2.24) is 15.2 Å². The topological polar surface area (TPSA) is 91.0 Å². The molecule has 2 amide bonds. The van der Waals surface area contributed by atoms with Crippen LogP contribution in [-0.2, 0) is 9.59 Å². The monoisotopic (exact) mass is 389 g/mol. The van der Waals surface area contributed by atoms with E-state index in [0.29, 0.717) is 12.5 Å². The van der Waals surface area contributed by atoms with Crippen molar-refractivity contribution in [3.8, 4) is 0 Å². The lowest BCUT2D eigenvalue weighted by molar-refractivity contribution is -0.122. The molecular formula is C16H16BrN5O2. The van der Waals surface area contributed by atoms with Crippen LogP contribution in [0.3, 0.4) is 0 Å². The molecule has 0 bridgehead atoms. The van der Waals surface area contributed by atoms with Crippen LogP contribution in [0.4, 0.5) is 11.6 Å². The fourth-order valence-corrected chi connectivity index (χ4v) is 3.10. The van der Waals surface area contributed by atoms with E-state index in [2.05, 4.69) is 36.4 Å². The largest absolute Gasteiger partial charge is 0.312 e. The molecule has 2 aliphatic rings. The van der Waals surface area contributed by atoms with E-state index in [1.54, 1.807) is 4.90 Å². The van der Waals surface area contributed by atoms with Crippen molar-refractivity contribution in [3.05, 3.63) is 34.6 Å². The Morgan fingerprint density at radius 2 is 2.04 bits per heavy atom. The zero-order valence-corrected chi connectivity index (χ0v) is 14.4. The predicted molar refractivity (Wildman–Crippen MR) is 91.6 cm³/mol. The highest BCUT2D eigenvalue weighted by atomic mass is 79.9. The number of nitrogens with one attached hydrogen (secondary N) is 2. The third kappa shape index (κ3) is 3.06. The molecule has 0 unspecified atom stereocenters. The van der Waals surface area contributed by atoms with Gasteiger partial charge in [0.2, 0.25) is 17.8 Å². The maximum absolute atomic E-state index is 12.4. The van der Waals surface area contributed by atoms with Gasteiger partial charge in [0.15, 0.2) is 0 Å². The average molecular weight is 390 g/mol. The van der Waals surface area contributed by atoms with E-state index in [0.717, 1.165) is 28.8 Å². The fourth-order valence-electron chi connectivity index (χ4n) is 2.84. The van der Waals surface area contributed by atoms with E-state index in [9.17, 15) is 9.59 Å². The number of anilines is 2. The highest BCUT2D eigenvalue weighted by molar-refractivity contribution is 9.10. The Labute approximate surface area is 147 Å². The Hall–Kier alpha value is -2.22. The molecule has 1 aromatic carbocycles. The van der Waals surface area contributed by atoms with Crippen molar-refractivity contribution in [2.24, 2.45) is 5.92 Å². The number of benzene rings is 1. The van der Waals surface area contributed by atoms with Gasteiger partial charge in [-0.1, -0.05) is 15.9 Å². The van der Waals surface area contributed by atoms with Gasteiger partial charge >= 0.3 is 0 Å². The van der Waals surface area contributed by atoms with Gasteiger partial charge in [-0.05, 0) is 37.1 Å². The normalized spacial score (nSPS) is 20.5. The van der Waals surface area contributed by atoms with E-state index >= 15 is 0 Å². The zero-order valence-electron chi connectivity index (χ0n) is 12.8. The Bertz CT molecular complexity index is 784. The summed E-state index contributed by atoms with van der Waals surface area (Å²) in [4.78, 5) is 30.6. The van der Waals surface area contributed by atoms with Crippen LogP contribution in [0.15, 0.2) is 28.7 Å². The number of hydrogen-bond acceptors (Lipinski definition) is 4. The molecule has 1 aromatic heterocycles. The van der Waals surface area contributed by atoms with Crippen LogP contribution < -0.4 is 10.2 Å². The summed E-state index contributed by atoms with van der Waals surface area (Å²) in [5, 5.41) is 9.59. The number of aromatic amines is 1. The number of carbonyl (C=O) groups excluding carboxylic acids is 2. The smallest absolute Gasteiger partial charge is 0.248 e. The van der Waals surface area contributed by atoms with Crippen molar-refractivity contribution >= 4 is 39.4 Å². The minimum atomic E-state index is -0.399. The summed E-state index contributed by atoms with van der Waals surface area (Å²) >= 11 is 3.37. The summed E-state index contributed by atoms with van der Waals surface area (Å²) in [5.74, 6) is 0.893. The van der Waals surface area contributed by atoms with Crippen LogP contribution in [0, 0.1) is 5.92 Å². The van der Waals surface area contributed by atoms with E-state index in [4.69, 9.17) is 0 Å². The minimum absolute atomic E-state index is 0.0499. The van der Waals surface area contributed by atoms with Gasteiger partial charge in [0.05, 0.1) is 5.92 Å². The van der Waals surface area contributed by atoms with Crippen LogP contribution in [0.2, 0.25) is 0 Å². The van der Waals surface area contributed by atoms with E-state index in [1.165, 1.54) is 0 Å². The average Bonchev–Trinajstić information content (AvgIpc) is 3.19. The van der Waals surface area contributed by atoms with Crippen LogP contribution in [0.5, 0.6) is 0 Å². The maximum atomic E-state index is 12.4. The molecule has 1 aliphatic carbocycles. The Morgan fingerprint density at radius 3 is 2.75 bits per heavy atom. The first-order chi connectivity index (χ1) is 11.6. The summed E-state index contributed by atoms with van der Waals surface area (Å²) in [6.45, 7) is 0.367. The van der Waals surface area contributed by atoms with Crippen molar-refractivity contribution in [3.63, 3.8) is 0 Å². The lowest BCUT2D eigenvalue weighted by Crippen LogP contribution is -2.28. The first-order valence-corrected chi connectivity index (χ1v) is 8.68. The molecule has 2 fully saturated rings. The third-order valence-electron chi connectivity index (χ3n) is 4.34. The lowest BCUT2D eigenvalue weighted by Gasteiger charge is -2.16. The second-order valence-electron chi connectivity index (χ2n) is 6.19. The number of carbonyl (C=O) groups is 2. The maximum Gasteiger partial charge on any atom is 0.248 e. The first-order valence-electron chi connectivity index (χ1n) is 7.89. The second-order valence-corrected chi connectivity index (χ2v) is 7.11. The van der Waals surface area contributed by atoms with Gasteiger partial charge in [0.1, 0.15) is 5.82 Å². The quantitative estimate of drug-likeness (QED) is 0.839. The summed E-state index contributed by atoms with van der Waals surface area (Å²) in [6, 6.07) is 7.48. The molecule has 1 saturated heterocycles. The van der Waals surface area contributed by atoms with Crippen LogP contribution in [0.25, 0.3) is 0 Å². The van der Waals surface area contributed by atoms with Crippen LogP contribution >= 0.6 is 15.9 Å². The van der Waals surface area contributed by atoms with Gasteiger partial charge in [-0.15, -0.1) is 5.10 Å². The third-order valence-corrected chi connectivity index (χ3v) is 4.86. The Morgan fingerprint density at radius 1 is 1.29 bits per heavy atom. The molecule has 2 heterocycles. The molecule has 2 aromatic rings. The fraction of sp³-hybridized carbons (Fsp3) is 0.375. The Balaban J connectivity index is 1.41. The van der Waals surface area contributed by atoms with Crippen LogP contribution in [0.1, 0.15) is 31.0 Å². The van der Waals surface area contributed by atoms with Gasteiger partial charge in [-0.3, -0.25) is 20.0 Å². The summed E-state index contributed by atoms with van der Waals surface area (Å²) in [7, 11) is 0. The van der Waals surface area contributed by atoms with Crippen LogP contribution in [-0.4, -0.2) is 33.5 Å². The minimum Gasteiger partial charge on any atom is -0.312 e. The van der Waals surface area contributed by atoms with Crippen molar-refractivity contribution in [1.29, 1.82) is 0 Å². The number of aromatic nitrogens is 3. The number of H-pyrrole nitrogens is 1. The summed E-state index contributed by atoms with van der Waals surface area (Å²) in [5.41, 5.74) is 0.799. The number of hydrogen-bond donors (Lipinski definition) is 2. The lowest BCUT2D eigenvalue weighted by atomic mass is 10.1. The standard InChI is InChI=1S/C16H16BrN5O2/c17-11-3-5-12(6-4-11)22-8-10(7-13(22)23)15(24)19-16-18-14(20-21-16)9-1-2-9/h3-6,9-10H,1-2,7-8H2,(H2,18,19,20,21,24)/t10-/m0/s1. The summed E-state index contributed by atoms with van der Waals surface area (Å²) in [6.07, 6.45) is 2.42. The molecule has 8 heteroatoms. The molecule has 1 saturated carbocycles. The zero-order chi connectivity index (χ0) is 16.7. The van der Waals surface area contributed by atoms with E-state index in [1.807, 2.05) is 24.3 Å². The molecule has 1 aliphatic heterocycles. The van der Waals surface area contributed by atoms with Gasteiger partial charge < -0.3 is 4.90 Å².